The highest BCUT2D eigenvalue weighted by atomic mass is 32.2. The van der Waals surface area contributed by atoms with Gasteiger partial charge < -0.3 is 23.7 Å². The molecule has 2 saturated heterocycles. The molecule has 0 N–H and O–H groups in total. The number of β-lactam (4-membered cyclic amide) rings is 1. The molecule has 0 radical (unpaired) electrons. The maximum absolute atomic E-state index is 13.6. The molecule has 39 heavy (non-hydrogen) atoms. The van der Waals surface area contributed by atoms with Gasteiger partial charge in [0.05, 0.1) is 18.1 Å². The first kappa shape index (κ1) is 29.9. The molecule has 3 aliphatic heterocycles. The lowest BCUT2D eigenvalue weighted by Gasteiger charge is -2.50. The summed E-state index contributed by atoms with van der Waals surface area (Å²) in [5.74, 6) is -0.638. The van der Waals surface area contributed by atoms with Crippen LogP contribution in [-0.4, -0.2) is 85.0 Å². The maximum atomic E-state index is 13.6. The van der Waals surface area contributed by atoms with Gasteiger partial charge in [-0.25, -0.2) is 9.59 Å². The molecule has 0 aromatic carbocycles. The number of hydrogen-bond donors (Lipinski definition) is 0. The van der Waals surface area contributed by atoms with E-state index in [1.165, 1.54) is 0 Å². The molecule has 0 aromatic heterocycles. The zero-order valence-electron chi connectivity index (χ0n) is 24.2. The van der Waals surface area contributed by atoms with Gasteiger partial charge in [-0.05, 0) is 49.9 Å². The third-order valence-electron chi connectivity index (χ3n) is 9.00. The molecule has 0 spiro atoms. The van der Waals surface area contributed by atoms with Crippen molar-refractivity contribution in [1.29, 1.82) is 0 Å². The first-order chi connectivity index (χ1) is 18.3. The van der Waals surface area contributed by atoms with Gasteiger partial charge in [-0.2, -0.15) is 0 Å². The lowest BCUT2D eigenvalue weighted by molar-refractivity contribution is -0.163. The van der Waals surface area contributed by atoms with Crippen LogP contribution in [0, 0.1) is 11.8 Å². The highest BCUT2D eigenvalue weighted by molar-refractivity contribution is 8.00. The topological polar surface area (TPSA) is 85.4 Å². The fourth-order valence-electron chi connectivity index (χ4n) is 6.14. The second kappa shape index (κ2) is 11.4. The van der Waals surface area contributed by atoms with Crippen molar-refractivity contribution in [2.75, 3.05) is 26.3 Å². The third-order valence-corrected chi connectivity index (χ3v) is 15.2. The highest BCUT2D eigenvalue weighted by Gasteiger charge is 2.64. The van der Waals surface area contributed by atoms with E-state index >= 15 is 0 Å². The Morgan fingerprint density at radius 2 is 1.79 bits per heavy atom. The van der Waals surface area contributed by atoms with Gasteiger partial charge in [0, 0.05) is 29.5 Å². The fraction of sp³-hybridized carbons (Fsp3) is 0.690. The minimum atomic E-state index is -2.08. The van der Waals surface area contributed by atoms with Gasteiger partial charge in [-0.3, -0.25) is 4.79 Å². The number of carbonyl (C=O) groups excluding carboxylic acids is 3. The van der Waals surface area contributed by atoms with Crippen LogP contribution in [0.25, 0.3) is 0 Å². The minimum Gasteiger partial charge on any atom is -0.457 e. The molecular weight excluding hydrogens is 532 g/mol. The molecule has 4 aliphatic rings. The van der Waals surface area contributed by atoms with E-state index in [0.29, 0.717) is 18.8 Å². The van der Waals surface area contributed by atoms with Crippen LogP contribution < -0.4 is 0 Å². The summed E-state index contributed by atoms with van der Waals surface area (Å²) in [4.78, 5) is 42.7. The Morgan fingerprint density at radius 1 is 1.13 bits per heavy atom. The SMILES string of the molecule is C=CCOC(=O)C1=C2C(S[C@H]3CCN(C(=O)OCC=C)C3)CC[C@H]2[C@@H]2[C@@H]([C@@H](C)O[Si](C)(C)C(C)(C)C)C(=O)N12. The van der Waals surface area contributed by atoms with E-state index in [1.54, 1.807) is 22.0 Å². The summed E-state index contributed by atoms with van der Waals surface area (Å²) >= 11 is 1.82. The maximum Gasteiger partial charge on any atom is 0.410 e. The molecule has 8 nitrogen and oxygen atoms in total. The molecule has 0 bridgehead atoms. The smallest absolute Gasteiger partial charge is 0.410 e. The average Bonchev–Trinajstić information content (AvgIpc) is 3.55. The third kappa shape index (κ3) is 5.61. The van der Waals surface area contributed by atoms with Gasteiger partial charge in [0.15, 0.2) is 8.32 Å². The van der Waals surface area contributed by atoms with Crippen molar-refractivity contribution in [1.82, 2.24) is 9.80 Å². The summed E-state index contributed by atoms with van der Waals surface area (Å²) in [5.41, 5.74) is 1.48. The van der Waals surface area contributed by atoms with E-state index in [9.17, 15) is 14.4 Å². The zero-order chi connectivity index (χ0) is 28.7. The van der Waals surface area contributed by atoms with E-state index in [2.05, 4.69) is 47.0 Å². The van der Waals surface area contributed by atoms with Gasteiger partial charge in [0.2, 0.25) is 5.91 Å². The van der Waals surface area contributed by atoms with Crippen LogP contribution in [0.5, 0.6) is 0 Å². The number of thioether (sulfide) groups is 1. The second-order valence-electron chi connectivity index (χ2n) is 12.5. The van der Waals surface area contributed by atoms with Crippen LogP contribution in [0.2, 0.25) is 18.1 Å². The van der Waals surface area contributed by atoms with Crippen molar-refractivity contribution >= 4 is 38.0 Å². The number of nitrogens with zero attached hydrogens (tertiary/aromatic N) is 2. The molecule has 1 saturated carbocycles. The second-order valence-corrected chi connectivity index (χ2v) is 18.8. The largest absolute Gasteiger partial charge is 0.457 e. The molecule has 2 amide bonds. The summed E-state index contributed by atoms with van der Waals surface area (Å²) in [6.45, 7) is 21.9. The van der Waals surface area contributed by atoms with Crippen molar-refractivity contribution in [2.24, 2.45) is 11.8 Å². The average molecular weight is 577 g/mol. The van der Waals surface area contributed by atoms with Crippen LogP contribution in [0.15, 0.2) is 36.6 Å². The van der Waals surface area contributed by atoms with Crippen LogP contribution in [0.1, 0.15) is 47.0 Å². The lowest BCUT2D eigenvalue weighted by atomic mass is 9.77. The Hall–Kier alpha value is -2.04. The van der Waals surface area contributed by atoms with E-state index in [0.717, 1.165) is 24.8 Å². The predicted octanol–water partition coefficient (Wildman–Crippen LogP) is 5.13. The molecule has 6 atom stereocenters. The van der Waals surface area contributed by atoms with Crippen LogP contribution in [0.4, 0.5) is 4.79 Å². The van der Waals surface area contributed by atoms with E-state index < -0.39 is 14.3 Å². The van der Waals surface area contributed by atoms with Crippen LogP contribution >= 0.6 is 11.8 Å². The Balaban J connectivity index is 1.53. The number of rotatable bonds is 10. The normalized spacial score (nSPS) is 29.1. The standard InChI is InChI=1S/C29H44N2O6SSi/c1-9-15-35-27(33)25-23-20(11-12-21(23)38-19-13-14-30(17-19)28(34)36-16-10-2)24-22(26(32)31(24)25)18(3)37-39(7,8)29(4,5)6/h9-10,18-22,24H,1-2,11-17H2,3-8H3/t18-,19+,20-,21?,22-,24-/m1/s1. The first-order valence-electron chi connectivity index (χ1n) is 14.0. The van der Waals surface area contributed by atoms with Crippen molar-refractivity contribution in [3.05, 3.63) is 36.6 Å². The number of ether oxygens (including phenoxy) is 2. The summed E-state index contributed by atoms with van der Waals surface area (Å²) < 4.78 is 17.4. The van der Waals surface area contributed by atoms with Crippen LogP contribution in [-0.2, 0) is 23.5 Å². The lowest BCUT2D eigenvalue weighted by Crippen LogP contribution is -2.65. The molecule has 1 aliphatic carbocycles. The number of esters is 1. The summed E-state index contributed by atoms with van der Waals surface area (Å²) in [6.07, 6.45) is 5.29. The summed E-state index contributed by atoms with van der Waals surface area (Å²) in [5, 5.41) is 0.379. The quantitative estimate of drug-likeness (QED) is 0.154. The monoisotopic (exact) mass is 576 g/mol. The van der Waals surface area contributed by atoms with Gasteiger partial charge in [-0.15, -0.1) is 11.8 Å². The van der Waals surface area contributed by atoms with E-state index in [1.807, 2.05) is 18.7 Å². The van der Waals surface area contributed by atoms with Gasteiger partial charge in [-0.1, -0.05) is 46.1 Å². The van der Waals surface area contributed by atoms with E-state index in [-0.39, 0.29) is 64.7 Å². The number of fused-ring (bicyclic) bond motifs is 3. The predicted molar refractivity (Wildman–Crippen MR) is 156 cm³/mol. The highest BCUT2D eigenvalue weighted by Crippen LogP contribution is 2.57. The molecular formula is C29H44N2O6SSi. The van der Waals surface area contributed by atoms with Crippen molar-refractivity contribution in [2.45, 2.75) is 87.7 Å². The minimum absolute atomic E-state index is 0.0366. The summed E-state index contributed by atoms with van der Waals surface area (Å²) in [7, 11) is -2.08. The molecule has 1 unspecified atom stereocenters. The van der Waals surface area contributed by atoms with Gasteiger partial charge >= 0.3 is 12.1 Å². The number of hydrogen-bond acceptors (Lipinski definition) is 7. The molecule has 4 rings (SSSR count). The Bertz CT molecular complexity index is 1050. The number of carbonyl (C=O) groups is 3. The zero-order valence-corrected chi connectivity index (χ0v) is 26.1. The summed E-state index contributed by atoms with van der Waals surface area (Å²) in [6, 6.07) is -0.0712. The molecule has 10 heteroatoms. The van der Waals surface area contributed by atoms with Crippen molar-refractivity contribution in [3.63, 3.8) is 0 Å². The molecule has 216 valence electrons. The Kier molecular flexibility index (Phi) is 8.78. The van der Waals surface area contributed by atoms with Gasteiger partial charge in [0.1, 0.15) is 18.9 Å². The van der Waals surface area contributed by atoms with Gasteiger partial charge in [0.25, 0.3) is 0 Å². The fourth-order valence-corrected chi connectivity index (χ4v) is 9.24. The van der Waals surface area contributed by atoms with Crippen molar-refractivity contribution in [3.8, 4) is 0 Å². The molecule has 0 aromatic rings. The Labute approximate surface area is 238 Å². The number of likely N-dealkylation sites (tertiary alicyclic amines) is 1. The van der Waals surface area contributed by atoms with Crippen LogP contribution in [0.3, 0.4) is 0 Å². The number of amides is 2. The molecule has 3 heterocycles. The molecule has 3 fully saturated rings. The van der Waals surface area contributed by atoms with Crippen molar-refractivity contribution < 1.29 is 28.3 Å². The first-order valence-corrected chi connectivity index (χ1v) is 17.9. The van der Waals surface area contributed by atoms with E-state index in [4.69, 9.17) is 13.9 Å². The Morgan fingerprint density at radius 3 is 2.44 bits per heavy atom.